The van der Waals surface area contributed by atoms with E-state index < -0.39 is 0 Å². The van der Waals surface area contributed by atoms with Crippen LogP contribution in [0.25, 0.3) is 0 Å². The van der Waals surface area contributed by atoms with Gasteiger partial charge in [0.2, 0.25) is 0 Å². The summed E-state index contributed by atoms with van der Waals surface area (Å²) in [5, 5.41) is 0. The maximum absolute atomic E-state index is 5.61. The minimum atomic E-state index is 0.481. The minimum absolute atomic E-state index is 0.481. The third-order valence-corrected chi connectivity index (χ3v) is 1.92. The number of ether oxygens (including phenoxy) is 1. The van der Waals surface area contributed by atoms with Crippen LogP contribution in [0.4, 0.5) is 0 Å². The van der Waals surface area contributed by atoms with Gasteiger partial charge in [-0.05, 0) is 20.8 Å². The molecule has 0 amide bonds. The van der Waals surface area contributed by atoms with Crippen molar-refractivity contribution in [2.45, 2.75) is 27.3 Å². The van der Waals surface area contributed by atoms with Gasteiger partial charge in [0.15, 0.2) is 0 Å². The Bertz CT molecular complexity index is 297. The minimum Gasteiger partial charge on any atom is -0.493 e. The number of nitrogens with two attached hydrogens (primary N) is 1. The van der Waals surface area contributed by atoms with E-state index >= 15 is 0 Å². The molecule has 72 valence electrons. The molecule has 13 heavy (non-hydrogen) atoms. The van der Waals surface area contributed by atoms with Crippen molar-refractivity contribution in [1.82, 2.24) is 4.98 Å². The van der Waals surface area contributed by atoms with Crippen molar-refractivity contribution >= 4 is 0 Å². The van der Waals surface area contributed by atoms with Gasteiger partial charge in [0, 0.05) is 29.6 Å². The summed E-state index contributed by atoms with van der Waals surface area (Å²) >= 11 is 0. The van der Waals surface area contributed by atoms with Gasteiger partial charge in [-0.2, -0.15) is 0 Å². The topological polar surface area (TPSA) is 48.1 Å². The standard InChI is InChI=1S/C10H16N2O/c1-4-13-10-5-7(2)12-8(3)9(10)6-11/h5H,4,6,11H2,1-3H3. The molecule has 0 spiro atoms. The van der Waals surface area contributed by atoms with Crippen molar-refractivity contribution in [2.75, 3.05) is 6.61 Å². The first-order valence-electron chi connectivity index (χ1n) is 4.49. The monoisotopic (exact) mass is 180 g/mol. The highest BCUT2D eigenvalue weighted by molar-refractivity contribution is 5.37. The Kier molecular flexibility index (Phi) is 3.25. The van der Waals surface area contributed by atoms with Crippen molar-refractivity contribution in [1.29, 1.82) is 0 Å². The molecular formula is C10H16N2O. The van der Waals surface area contributed by atoms with E-state index in [1.54, 1.807) is 0 Å². The predicted octanol–water partition coefficient (Wildman–Crippen LogP) is 1.56. The number of hydrogen-bond donors (Lipinski definition) is 1. The second-order valence-electron chi connectivity index (χ2n) is 2.96. The third-order valence-electron chi connectivity index (χ3n) is 1.92. The van der Waals surface area contributed by atoms with Gasteiger partial charge < -0.3 is 10.5 Å². The van der Waals surface area contributed by atoms with E-state index in [1.807, 2.05) is 26.8 Å². The lowest BCUT2D eigenvalue weighted by molar-refractivity contribution is 0.335. The van der Waals surface area contributed by atoms with Crippen LogP contribution in [-0.2, 0) is 6.54 Å². The second-order valence-corrected chi connectivity index (χ2v) is 2.96. The highest BCUT2D eigenvalue weighted by Gasteiger charge is 2.06. The van der Waals surface area contributed by atoms with Gasteiger partial charge in [-0.1, -0.05) is 0 Å². The summed E-state index contributed by atoms with van der Waals surface area (Å²) in [6.07, 6.45) is 0. The van der Waals surface area contributed by atoms with E-state index in [-0.39, 0.29) is 0 Å². The highest BCUT2D eigenvalue weighted by Crippen LogP contribution is 2.21. The largest absolute Gasteiger partial charge is 0.493 e. The first kappa shape index (κ1) is 9.99. The van der Waals surface area contributed by atoms with Crippen LogP contribution in [0.3, 0.4) is 0 Å². The zero-order valence-electron chi connectivity index (χ0n) is 8.42. The summed E-state index contributed by atoms with van der Waals surface area (Å²) in [6.45, 7) is 7.02. The molecule has 0 radical (unpaired) electrons. The summed E-state index contributed by atoms with van der Waals surface area (Å²) in [5.74, 6) is 0.870. The first-order chi connectivity index (χ1) is 6.19. The fraction of sp³-hybridized carbons (Fsp3) is 0.500. The van der Waals surface area contributed by atoms with Gasteiger partial charge in [-0.25, -0.2) is 0 Å². The number of nitrogens with zero attached hydrogens (tertiary/aromatic N) is 1. The van der Waals surface area contributed by atoms with Gasteiger partial charge in [0.25, 0.3) is 0 Å². The maximum atomic E-state index is 5.61. The van der Waals surface area contributed by atoms with Crippen molar-refractivity contribution in [2.24, 2.45) is 5.73 Å². The number of rotatable bonds is 3. The molecule has 1 rings (SSSR count). The van der Waals surface area contributed by atoms with Gasteiger partial charge in [-0.3, -0.25) is 4.98 Å². The molecule has 0 aromatic carbocycles. The SMILES string of the molecule is CCOc1cc(C)nc(C)c1CN. The summed E-state index contributed by atoms with van der Waals surface area (Å²) in [4.78, 5) is 4.33. The Morgan fingerprint density at radius 3 is 2.69 bits per heavy atom. The molecule has 0 unspecified atom stereocenters. The lowest BCUT2D eigenvalue weighted by atomic mass is 10.1. The van der Waals surface area contributed by atoms with Crippen LogP contribution in [0.15, 0.2) is 6.07 Å². The van der Waals surface area contributed by atoms with Crippen molar-refractivity contribution in [3.8, 4) is 5.75 Å². The molecule has 0 saturated heterocycles. The number of pyridine rings is 1. The molecule has 1 aromatic rings. The molecule has 1 heterocycles. The Morgan fingerprint density at radius 2 is 2.15 bits per heavy atom. The summed E-state index contributed by atoms with van der Waals surface area (Å²) < 4.78 is 5.47. The van der Waals surface area contributed by atoms with Gasteiger partial charge in [0.05, 0.1) is 6.61 Å². The molecule has 0 saturated carbocycles. The van der Waals surface area contributed by atoms with E-state index in [2.05, 4.69) is 4.98 Å². The molecular weight excluding hydrogens is 164 g/mol. The van der Waals surface area contributed by atoms with Crippen LogP contribution in [0.1, 0.15) is 23.9 Å². The van der Waals surface area contributed by atoms with Crippen molar-refractivity contribution in [3.05, 3.63) is 23.0 Å². The predicted molar refractivity (Wildman–Crippen MR) is 52.8 cm³/mol. The summed E-state index contributed by atoms with van der Waals surface area (Å²) in [5.41, 5.74) is 8.55. The maximum Gasteiger partial charge on any atom is 0.127 e. The Morgan fingerprint density at radius 1 is 1.46 bits per heavy atom. The Labute approximate surface area is 78.9 Å². The highest BCUT2D eigenvalue weighted by atomic mass is 16.5. The molecule has 0 aliphatic rings. The van der Waals surface area contributed by atoms with Crippen LogP contribution < -0.4 is 10.5 Å². The average molecular weight is 180 g/mol. The van der Waals surface area contributed by atoms with Crippen LogP contribution in [0, 0.1) is 13.8 Å². The first-order valence-corrected chi connectivity index (χ1v) is 4.49. The lowest BCUT2D eigenvalue weighted by Crippen LogP contribution is -2.06. The van der Waals surface area contributed by atoms with E-state index in [9.17, 15) is 0 Å². The molecule has 0 fully saturated rings. The molecule has 3 nitrogen and oxygen atoms in total. The fourth-order valence-corrected chi connectivity index (χ4v) is 1.35. The van der Waals surface area contributed by atoms with Crippen LogP contribution >= 0.6 is 0 Å². The molecule has 2 N–H and O–H groups in total. The Hall–Kier alpha value is -1.09. The average Bonchev–Trinajstić information content (AvgIpc) is 2.04. The molecule has 0 atom stereocenters. The van der Waals surface area contributed by atoms with E-state index in [0.717, 1.165) is 22.7 Å². The molecule has 0 bridgehead atoms. The fourth-order valence-electron chi connectivity index (χ4n) is 1.35. The second kappa shape index (κ2) is 4.23. The summed E-state index contributed by atoms with van der Waals surface area (Å²) in [7, 11) is 0. The van der Waals surface area contributed by atoms with Crippen molar-refractivity contribution in [3.63, 3.8) is 0 Å². The third kappa shape index (κ3) is 2.18. The van der Waals surface area contributed by atoms with E-state index in [0.29, 0.717) is 13.2 Å². The molecule has 1 aromatic heterocycles. The van der Waals surface area contributed by atoms with Crippen LogP contribution in [-0.4, -0.2) is 11.6 Å². The van der Waals surface area contributed by atoms with Crippen LogP contribution in [0.2, 0.25) is 0 Å². The van der Waals surface area contributed by atoms with Gasteiger partial charge in [0.1, 0.15) is 5.75 Å². The normalized spacial score (nSPS) is 10.2. The molecule has 3 heteroatoms. The zero-order chi connectivity index (χ0) is 9.84. The van der Waals surface area contributed by atoms with Crippen LogP contribution in [0.5, 0.6) is 5.75 Å². The Balaban J connectivity index is 3.13. The van der Waals surface area contributed by atoms with E-state index in [1.165, 1.54) is 0 Å². The molecule has 0 aliphatic carbocycles. The number of aryl methyl sites for hydroxylation is 2. The van der Waals surface area contributed by atoms with Gasteiger partial charge in [-0.15, -0.1) is 0 Å². The van der Waals surface area contributed by atoms with Gasteiger partial charge >= 0.3 is 0 Å². The smallest absolute Gasteiger partial charge is 0.127 e. The number of aromatic nitrogens is 1. The quantitative estimate of drug-likeness (QED) is 0.767. The molecule has 0 aliphatic heterocycles. The zero-order valence-corrected chi connectivity index (χ0v) is 8.42. The van der Waals surface area contributed by atoms with Crippen molar-refractivity contribution < 1.29 is 4.74 Å². The lowest BCUT2D eigenvalue weighted by Gasteiger charge is -2.11. The summed E-state index contributed by atoms with van der Waals surface area (Å²) in [6, 6.07) is 1.93. The van der Waals surface area contributed by atoms with E-state index in [4.69, 9.17) is 10.5 Å². The number of hydrogen-bond acceptors (Lipinski definition) is 3.